The van der Waals surface area contributed by atoms with Crippen molar-refractivity contribution in [2.75, 3.05) is 18.6 Å². The molecule has 3 aromatic rings. The summed E-state index contributed by atoms with van der Waals surface area (Å²) in [6.07, 6.45) is 1.09. The SMILES string of the molecule is COc1ccc(-c2cc(CN3CCc4ccccc43)on2)cc1. The van der Waals surface area contributed by atoms with Crippen molar-refractivity contribution in [2.45, 2.75) is 13.0 Å². The van der Waals surface area contributed by atoms with E-state index in [0.29, 0.717) is 0 Å². The topological polar surface area (TPSA) is 38.5 Å². The Hall–Kier alpha value is -2.75. The Morgan fingerprint density at radius 1 is 1.13 bits per heavy atom. The normalized spacial score (nSPS) is 13.2. The molecule has 1 aliphatic heterocycles. The number of anilines is 1. The molecule has 116 valence electrons. The van der Waals surface area contributed by atoms with Gasteiger partial charge in [0, 0.05) is 23.9 Å². The van der Waals surface area contributed by atoms with Crippen LogP contribution < -0.4 is 9.64 Å². The molecule has 0 N–H and O–H groups in total. The van der Waals surface area contributed by atoms with Crippen LogP contribution in [-0.2, 0) is 13.0 Å². The average molecular weight is 306 g/mol. The van der Waals surface area contributed by atoms with Gasteiger partial charge < -0.3 is 14.2 Å². The Balaban J connectivity index is 1.52. The molecular formula is C19H18N2O2. The summed E-state index contributed by atoms with van der Waals surface area (Å²) in [7, 11) is 1.66. The number of hydrogen-bond acceptors (Lipinski definition) is 4. The van der Waals surface area contributed by atoms with E-state index >= 15 is 0 Å². The number of fused-ring (bicyclic) bond motifs is 1. The molecule has 4 heteroatoms. The second kappa shape index (κ2) is 5.80. The molecule has 1 aromatic heterocycles. The highest BCUT2D eigenvalue weighted by Gasteiger charge is 2.20. The summed E-state index contributed by atoms with van der Waals surface area (Å²) in [6, 6.07) is 18.4. The van der Waals surface area contributed by atoms with Gasteiger partial charge in [-0.05, 0) is 42.3 Å². The van der Waals surface area contributed by atoms with E-state index in [4.69, 9.17) is 9.26 Å². The van der Waals surface area contributed by atoms with Crippen molar-refractivity contribution in [1.82, 2.24) is 5.16 Å². The molecular weight excluding hydrogens is 288 g/mol. The first-order valence-electron chi connectivity index (χ1n) is 7.76. The summed E-state index contributed by atoms with van der Waals surface area (Å²) >= 11 is 0. The molecule has 0 amide bonds. The van der Waals surface area contributed by atoms with Crippen molar-refractivity contribution in [1.29, 1.82) is 0 Å². The van der Waals surface area contributed by atoms with Crippen LogP contribution in [0, 0.1) is 0 Å². The van der Waals surface area contributed by atoms with Gasteiger partial charge in [-0.15, -0.1) is 0 Å². The molecule has 4 rings (SSSR count). The van der Waals surface area contributed by atoms with Crippen LogP contribution in [-0.4, -0.2) is 18.8 Å². The monoisotopic (exact) mass is 306 g/mol. The molecule has 0 saturated carbocycles. The maximum Gasteiger partial charge on any atom is 0.156 e. The first kappa shape index (κ1) is 13.9. The minimum atomic E-state index is 0.750. The van der Waals surface area contributed by atoms with Gasteiger partial charge in [0.1, 0.15) is 11.4 Å². The van der Waals surface area contributed by atoms with Gasteiger partial charge in [-0.1, -0.05) is 23.4 Å². The van der Waals surface area contributed by atoms with Gasteiger partial charge in [0.2, 0.25) is 0 Å². The maximum atomic E-state index is 5.53. The predicted octanol–water partition coefficient (Wildman–Crippen LogP) is 3.91. The number of para-hydroxylation sites is 1. The van der Waals surface area contributed by atoms with Crippen LogP contribution in [0.15, 0.2) is 59.1 Å². The standard InChI is InChI=1S/C19H18N2O2/c1-22-16-8-6-14(7-9-16)18-12-17(23-20-18)13-21-11-10-15-4-2-3-5-19(15)21/h2-9,12H,10-11,13H2,1H3. The number of benzene rings is 2. The summed E-state index contributed by atoms with van der Waals surface area (Å²) in [5, 5.41) is 4.20. The Bertz CT molecular complexity index is 808. The summed E-state index contributed by atoms with van der Waals surface area (Å²) in [5.41, 5.74) is 4.59. The third-order valence-corrected chi connectivity index (χ3v) is 4.27. The number of nitrogens with zero attached hydrogens (tertiary/aromatic N) is 2. The Morgan fingerprint density at radius 3 is 2.78 bits per heavy atom. The molecule has 4 nitrogen and oxygen atoms in total. The van der Waals surface area contributed by atoms with Crippen LogP contribution in [0.1, 0.15) is 11.3 Å². The summed E-state index contributed by atoms with van der Waals surface area (Å²) in [4.78, 5) is 2.34. The van der Waals surface area contributed by atoms with Gasteiger partial charge in [-0.2, -0.15) is 0 Å². The van der Waals surface area contributed by atoms with E-state index < -0.39 is 0 Å². The van der Waals surface area contributed by atoms with Crippen molar-refractivity contribution < 1.29 is 9.26 Å². The molecule has 0 radical (unpaired) electrons. The lowest BCUT2D eigenvalue weighted by Gasteiger charge is -2.17. The van der Waals surface area contributed by atoms with Gasteiger partial charge in [-0.25, -0.2) is 0 Å². The predicted molar refractivity (Wildman–Crippen MR) is 89.7 cm³/mol. The van der Waals surface area contributed by atoms with Crippen LogP contribution in [0.2, 0.25) is 0 Å². The highest BCUT2D eigenvalue weighted by atomic mass is 16.5. The zero-order valence-corrected chi connectivity index (χ0v) is 13.0. The van der Waals surface area contributed by atoms with Gasteiger partial charge >= 0.3 is 0 Å². The van der Waals surface area contributed by atoms with Gasteiger partial charge in [0.25, 0.3) is 0 Å². The fourth-order valence-corrected chi connectivity index (χ4v) is 3.04. The number of rotatable bonds is 4. The average Bonchev–Trinajstić information content (AvgIpc) is 3.23. The van der Waals surface area contributed by atoms with Crippen molar-refractivity contribution in [3.05, 3.63) is 65.9 Å². The smallest absolute Gasteiger partial charge is 0.156 e. The largest absolute Gasteiger partial charge is 0.497 e. The lowest BCUT2D eigenvalue weighted by Crippen LogP contribution is -2.19. The van der Waals surface area contributed by atoms with Gasteiger partial charge in [0.05, 0.1) is 13.7 Å². The molecule has 2 aromatic carbocycles. The minimum absolute atomic E-state index is 0.750. The number of methoxy groups -OCH3 is 1. The van der Waals surface area contributed by atoms with E-state index in [9.17, 15) is 0 Å². The zero-order valence-electron chi connectivity index (χ0n) is 13.0. The first-order valence-corrected chi connectivity index (χ1v) is 7.76. The second-order valence-electron chi connectivity index (χ2n) is 5.71. The molecule has 0 spiro atoms. The molecule has 0 saturated heterocycles. The van der Waals surface area contributed by atoms with E-state index in [0.717, 1.165) is 42.3 Å². The molecule has 1 aliphatic rings. The highest BCUT2D eigenvalue weighted by Crippen LogP contribution is 2.29. The quantitative estimate of drug-likeness (QED) is 0.732. The fourth-order valence-electron chi connectivity index (χ4n) is 3.04. The van der Waals surface area contributed by atoms with E-state index in [1.54, 1.807) is 7.11 Å². The molecule has 2 heterocycles. The number of aromatic nitrogens is 1. The lowest BCUT2D eigenvalue weighted by atomic mass is 10.1. The van der Waals surface area contributed by atoms with Gasteiger partial charge in [0.15, 0.2) is 5.76 Å². The van der Waals surface area contributed by atoms with Crippen molar-refractivity contribution in [3.63, 3.8) is 0 Å². The van der Waals surface area contributed by atoms with E-state index in [1.165, 1.54) is 11.3 Å². The number of ether oxygens (including phenoxy) is 1. The van der Waals surface area contributed by atoms with Crippen molar-refractivity contribution >= 4 is 5.69 Å². The molecule has 0 fully saturated rings. The van der Waals surface area contributed by atoms with Crippen LogP contribution in [0.5, 0.6) is 5.75 Å². The van der Waals surface area contributed by atoms with Crippen LogP contribution in [0.25, 0.3) is 11.3 Å². The van der Waals surface area contributed by atoms with E-state index in [1.807, 2.05) is 30.3 Å². The lowest BCUT2D eigenvalue weighted by molar-refractivity contribution is 0.384. The third kappa shape index (κ3) is 2.68. The van der Waals surface area contributed by atoms with E-state index in [2.05, 4.69) is 34.3 Å². The third-order valence-electron chi connectivity index (χ3n) is 4.27. The molecule has 0 aliphatic carbocycles. The van der Waals surface area contributed by atoms with Crippen LogP contribution in [0.3, 0.4) is 0 Å². The molecule has 23 heavy (non-hydrogen) atoms. The molecule has 0 atom stereocenters. The van der Waals surface area contributed by atoms with Crippen LogP contribution >= 0.6 is 0 Å². The Labute approximate surface area is 135 Å². The van der Waals surface area contributed by atoms with Crippen molar-refractivity contribution in [2.24, 2.45) is 0 Å². The summed E-state index contributed by atoms with van der Waals surface area (Å²) < 4.78 is 10.7. The zero-order chi connectivity index (χ0) is 15.6. The Kier molecular flexibility index (Phi) is 3.50. The minimum Gasteiger partial charge on any atom is -0.497 e. The maximum absolute atomic E-state index is 5.53. The second-order valence-corrected chi connectivity index (χ2v) is 5.71. The van der Waals surface area contributed by atoms with E-state index in [-0.39, 0.29) is 0 Å². The fraction of sp³-hybridized carbons (Fsp3) is 0.211. The first-order chi connectivity index (χ1) is 11.3. The Morgan fingerprint density at radius 2 is 1.96 bits per heavy atom. The summed E-state index contributed by atoms with van der Waals surface area (Å²) in [6.45, 7) is 1.78. The van der Waals surface area contributed by atoms with Gasteiger partial charge in [-0.3, -0.25) is 0 Å². The molecule has 0 bridgehead atoms. The van der Waals surface area contributed by atoms with Crippen LogP contribution in [0.4, 0.5) is 5.69 Å². The highest BCUT2D eigenvalue weighted by molar-refractivity contribution is 5.61. The molecule has 0 unspecified atom stereocenters. The number of hydrogen-bond donors (Lipinski definition) is 0. The van der Waals surface area contributed by atoms with Crippen molar-refractivity contribution in [3.8, 4) is 17.0 Å². The summed E-state index contributed by atoms with van der Waals surface area (Å²) in [5.74, 6) is 1.72.